The Morgan fingerprint density at radius 3 is 2.34 bits per heavy atom. The van der Waals surface area contributed by atoms with Crippen LogP contribution in [0.4, 0.5) is 5.69 Å². The molecule has 0 aliphatic carbocycles. The lowest BCUT2D eigenvalue weighted by atomic mass is 10.1. The van der Waals surface area contributed by atoms with E-state index in [1.165, 1.54) is 27.8 Å². The number of nitriles is 1. The first-order chi connectivity index (χ1) is 13.8. The monoisotopic (exact) mass is 410 g/mol. The van der Waals surface area contributed by atoms with E-state index in [9.17, 15) is 9.59 Å². The van der Waals surface area contributed by atoms with Crippen LogP contribution < -0.4 is 4.90 Å². The number of rotatable bonds is 8. The van der Waals surface area contributed by atoms with Gasteiger partial charge in [0, 0.05) is 17.1 Å². The number of ether oxygens (including phenoxy) is 1. The van der Waals surface area contributed by atoms with E-state index in [2.05, 4.69) is 6.07 Å². The number of benzene rings is 2. The SMILES string of the molecule is Cc1cc(C)cc(N(CCC#N)C(=O)COC(=O)CSc2ccc(C)c(C)c2)c1. The molecule has 5 nitrogen and oxygen atoms in total. The molecule has 0 aliphatic heterocycles. The zero-order valence-electron chi connectivity index (χ0n) is 17.3. The summed E-state index contributed by atoms with van der Waals surface area (Å²) in [7, 11) is 0. The Bertz CT molecular complexity index is 914. The summed E-state index contributed by atoms with van der Waals surface area (Å²) in [6.07, 6.45) is 0.204. The van der Waals surface area contributed by atoms with Gasteiger partial charge < -0.3 is 9.64 Å². The predicted molar refractivity (Wildman–Crippen MR) is 116 cm³/mol. The van der Waals surface area contributed by atoms with Gasteiger partial charge in [0.1, 0.15) is 0 Å². The Morgan fingerprint density at radius 1 is 1.03 bits per heavy atom. The zero-order chi connectivity index (χ0) is 21.4. The third kappa shape index (κ3) is 6.95. The molecule has 152 valence electrons. The van der Waals surface area contributed by atoms with E-state index in [-0.39, 0.29) is 31.2 Å². The van der Waals surface area contributed by atoms with E-state index >= 15 is 0 Å². The van der Waals surface area contributed by atoms with Crippen molar-refractivity contribution >= 4 is 29.3 Å². The second-order valence-electron chi connectivity index (χ2n) is 6.99. The number of amides is 1. The molecule has 1 amide bonds. The maximum absolute atomic E-state index is 12.7. The van der Waals surface area contributed by atoms with Crippen molar-refractivity contribution in [3.8, 4) is 6.07 Å². The number of hydrogen-bond acceptors (Lipinski definition) is 5. The maximum Gasteiger partial charge on any atom is 0.316 e. The van der Waals surface area contributed by atoms with Gasteiger partial charge in [0.05, 0.1) is 18.2 Å². The number of nitrogens with zero attached hydrogens (tertiary/aromatic N) is 2. The molecule has 6 heteroatoms. The molecule has 0 radical (unpaired) electrons. The van der Waals surface area contributed by atoms with E-state index in [0.29, 0.717) is 5.69 Å². The molecule has 0 saturated heterocycles. The van der Waals surface area contributed by atoms with E-state index in [4.69, 9.17) is 10.00 Å². The van der Waals surface area contributed by atoms with Gasteiger partial charge >= 0.3 is 5.97 Å². The van der Waals surface area contributed by atoms with Crippen LogP contribution >= 0.6 is 11.8 Å². The van der Waals surface area contributed by atoms with Crippen molar-refractivity contribution in [3.05, 3.63) is 58.7 Å². The molecule has 0 fully saturated rings. The zero-order valence-corrected chi connectivity index (χ0v) is 18.1. The number of anilines is 1. The Labute approximate surface area is 176 Å². The minimum absolute atomic E-state index is 0.136. The van der Waals surface area contributed by atoms with Crippen LogP contribution in [0.5, 0.6) is 0 Å². The summed E-state index contributed by atoms with van der Waals surface area (Å²) >= 11 is 1.38. The number of carbonyl (C=O) groups is 2. The molecule has 0 aromatic heterocycles. The minimum atomic E-state index is -0.442. The van der Waals surface area contributed by atoms with Gasteiger partial charge in [-0.2, -0.15) is 5.26 Å². The van der Waals surface area contributed by atoms with Crippen molar-refractivity contribution in [2.75, 3.05) is 23.8 Å². The Kier molecular flexibility index (Phi) is 8.29. The summed E-state index contributed by atoms with van der Waals surface area (Å²) in [5, 5.41) is 8.91. The third-order valence-electron chi connectivity index (χ3n) is 4.46. The van der Waals surface area contributed by atoms with Crippen molar-refractivity contribution < 1.29 is 14.3 Å². The van der Waals surface area contributed by atoms with Crippen LogP contribution in [-0.4, -0.2) is 30.8 Å². The molecule has 0 spiro atoms. The lowest BCUT2D eigenvalue weighted by molar-refractivity contribution is -0.145. The van der Waals surface area contributed by atoms with Crippen LogP contribution in [0.25, 0.3) is 0 Å². The van der Waals surface area contributed by atoms with E-state index in [1.807, 2.05) is 64.1 Å². The summed E-state index contributed by atoms with van der Waals surface area (Å²) < 4.78 is 5.19. The molecular weight excluding hydrogens is 384 g/mol. The molecule has 0 bridgehead atoms. The van der Waals surface area contributed by atoms with Gasteiger partial charge in [0.2, 0.25) is 0 Å². The highest BCUT2D eigenvalue weighted by Gasteiger charge is 2.18. The van der Waals surface area contributed by atoms with E-state index in [1.54, 1.807) is 0 Å². The second-order valence-corrected chi connectivity index (χ2v) is 8.04. The highest BCUT2D eigenvalue weighted by atomic mass is 32.2. The first-order valence-electron chi connectivity index (χ1n) is 9.41. The van der Waals surface area contributed by atoms with Gasteiger partial charge in [-0.05, 0) is 74.2 Å². The van der Waals surface area contributed by atoms with E-state index < -0.39 is 5.97 Å². The average molecular weight is 411 g/mol. The van der Waals surface area contributed by atoms with Crippen LogP contribution in [0.2, 0.25) is 0 Å². The Balaban J connectivity index is 1.95. The number of hydrogen-bond donors (Lipinski definition) is 0. The molecule has 2 aromatic rings. The van der Waals surface area contributed by atoms with Crippen LogP contribution in [0, 0.1) is 39.0 Å². The van der Waals surface area contributed by atoms with Gasteiger partial charge in [-0.25, -0.2) is 0 Å². The fraction of sp³-hybridized carbons (Fsp3) is 0.348. The third-order valence-corrected chi connectivity index (χ3v) is 5.43. The molecular formula is C23H26N2O3S. The smallest absolute Gasteiger partial charge is 0.316 e. The molecule has 2 rings (SSSR count). The predicted octanol–water partition coefficient (Wildman–Crippen LogP) is 4.50. The summed E-state index contributed by atoms with van der Waals surface area (Å²) in [6.45, 7) is 7.88. The molecule has 0 aliphatic rings. The average Bonchev–Trinajstić information content (AvgIpc) is 2.67. The van der Waals surface area contributed by atoms with Crippen LogP contribution in [0.15, 0.2) is 41.3 Å². The fourth-order valence-electron chi connectivity index (χ4n) is 2.87. The van der Waals surface area contributed by atoms with Crippen LogP contribution in [0.1, 0.15) is 28.7 Å². The molecule has 0 N–H and O–H groups in total. The fourth-order valence-corrected chi connectivity index (χ4v) is 3.67. The molecule has 0 atom stereocenters. The van der Waals surface area contributed by atoms with Gasteiger partial charge in [-0.15, -0.1) is 11.8 Å². The lowest BCUT2D eigenvalue weighted by Crippen LogP contribution is -2.35. The summed E-state index contributed by atoms with van der Waals surface area (Å²) in [4.78, 5) is 27.2. The molecule has 0 unspecified atom stereocenters. The molecule has 0 heterocycles. The number of thioether (sulfide) groups is 1. The van der Waals surface area contributed by atoms with Crippen molar-refractivity contribution in [2.24, 2.45) is 0 Å². The standard InChI is InChI=1S/C23H26N2O3S/c1-16-10-17(2)12-20(11-16)25(9-5-8-24)22(26)14-28-23(27)15-29-21-7-6-18(3)19(4)13-21/h6-7,10-13H,5,9,14-15H2,1-4H3. The molecule has 2 aromatic carbocycles. The van der Waals surface area contributed by atoms with Crippen molar-refractivity contribution in [2.45, 2.75) is 39.0 Å². The summed E-state index contributed by atoms with van der Waals surface area (Å²) in [6, 6.07) is 13.9. The first kappa shape index (κ1) is 22.5. The topological polar surface area (TPSA) is 70.4 Å². The number of esters is 1. The summed E-state index contributed by atoms with van der Waals surface area (Å²) in [5.74, 6) is -0.644. The minimum Gasteiger partial charge on any atom is -0.455 e. The quantitative estimate of drug-likeness (QED) is 0.473. The Morgan fingerprint density at radius 2 is 1.72 bits per heavy atom. The van der Waals surface area contributed by atoms with Crippen molar-refractivity contribution in [1.29, 1.82) is 5.26 Å². The normalized spacial score (nSPS) is 10.3. The van der Waals surface area contributed by atoms with Gasteiger partial charge in [-0.1, -0.05) is 12.1 Å². The highest BCUT2D eigenvalue weighted by Crippen LogP contribution is 2.22. The highest BCUT2D eigenvalue weighted by molar-refractivity contribution is 8.00. The largest absolute Gasteiger partial charge is 0.455 e. The van der Waals surface area contributed by atoms with Crippen LogP contribution in [-0.2, 0) is 14.3 Å². The second kappa shape index (κ2) is 10.7. The summed E-state index contributed by atoms with van der Waals surface area (Å²) in [5.41, 5.74) is 5.13. The van der Waals surface area contributed by atoms with Gasteiger partial charge in [-0.3, -0.25) is 9.59 Å². The molecule has 29 heavy (non-hydrogen) atoms. The first-order valence-corrected chi connectivity index (χ1v) is 10.4. The lowest BCUT2D eigenvalue weighted by Gasteiger charge is -2.22. The van der Waals surface area contributed by atoms with Crippen molar-refractivity contribution in [1.82, 2.24) is 0 Å². The van der Waals surface area contributed by atoms with E-state index in [0.717, 1.165) is 16.0 Å². The van der Waals surface area contributed by atoms with Crippen molar-refractivity contribution in [3.63, 3.8) is 0 Å². The van der Waals surface area contributed by atoms with Gasteiger partial charge in [0.25, 0.3) is 5.91 Å². The Hall–Kier alpha value is -2.78. The number of aryl methyl sites for hydroxylation is 4. The molecule has 0 saturated carbocycles. The number of carbonyl (C=O) groups excluding carboxylic acids is 2. The van der Waals surface area contributed by atoms with Gasteiger partial charge in [0.15, 0.2) is 6.61 Å². The maximum atomic E-state index is 12.7. The van der Waals surface area contributed by atoms with Crippen LogP contribution in [0.3, 0.4) is 0 Å².